The second-order valence-electron chi connectivity index (χ2n) is 4.53. The van der Waals surface area contributed by atoms with Gasteiger partial charge in [0.2, 0.25) is 5.91 Å². The third-order valence-electron chi connectivity index (χ3n) is 3.16. The topological polar surface area (TPSA) is 66.6 Å². The number of phenols is 1. The standard InChI is InChI=1S/C12H14Br2N2O2/c13-9-3-7(4-10(14)11(9)17)5-16-2-1-8(6-16)12(15)18/h3-4,8,17H,1-2,5-6H2,(H2,15,18). The Kier molecular flexibility index (Phi) is 4.29. The summed E-state index contributed by atoms with van der Waals surface area (Å²) in [6.07, 6.45) is 0.829. The zero-order chi connectivity index (χ0) is 13.3. The summed E-state index contributed by atoms with van der Waals surface area (Å²) in [6, 6.07) is 3.77. The van der Waals surface area contributed by atoms with E-state index in [1.165, 1.54) is 0 Å². The Hall–Kier alpha value is -0.590. The molecule has 1 saturated heterocycles. The first-order valence-corrected chi connectivity index (χ1v) is 7.24. The second-order valence-corrected chi connectivity index (χ2v) is 6.24. The van der Waals surface area contributed by atoms with Gasteiger partial charge in [0.15, 0.2) is 0 Å². The van der Waals surface area contributed by atoms with E-state index < -0.39 is 0 Å². The van der Waals surface area contributed by atoms with Crippen LogP contribution >= 0.6 is 31.9 Å². The fourth-order valence-electron chi connectivity index (χ4n) is 2.18. The van der Waals surface area contributed by atoms with Gasteiger partial charge in [0, 0.05) is 13.1 Å². The van der Waals surface area contributed by atoms with Crippen LogP contribution in [-0.2, 0) is 11.3 Å². The van der Waals surface area contributed by atoms with Crippen LogP contribution in [0.15, 0.2) is 21.1 Å². The zero-order valence-electron chi connectivity index (χ0n) is 9.70. The monoisotopic (exact) mass is 376 g/mol. The van der Waals surface area contributed by atoms with Crippen molar-refractivity contribution in [2.24, 2.45) is 11.7 Å². The lowest BCUT2D eigenvalue weighted by Crippen LogP contribution is -2.27. The van der Waals surface area contributed by atoms with Gasteiger partial charge in [0.05, 0.1) is 14.9 Å². The van der Waals surface area contributed by atoms with Gasteiger partial charge in [-0.1, -0.05) is 0 Å². The summed E-state index contributed by atoms with van der Waals surface area (Å²) in [5.74, 6) is -0.0465. The molecule has 1 unspecified atom stereocenters. The first-order chi connectivity index (χ1) is 8.47. The lowest BCUT2D eigenvalue weighted by atomic mass is 10.1. The van der Waals surface area contributed by atoms with Crippen molar-refractivity contribution in [1.29, 1.82) is 0 Å². The maximum absolute atomic E-state index is 11.1. The van der Waals surface area contributed by atoms with Crippen LogP contribution in [0.2, 0.25) is 0 Å². The molecule has 1 aromatic rings. The van der Waals surface area contributed by atoms with E-state index >= 15 is 0 Å². The van der Waals surface area contributed by atoms with E-state index in [0.29, 0.717) is 15.5 Å². The molecule has 0 radical (unpaired) electrons. The fourth-order valence-corrected chi connectivity index (χ4v) is 3.46. The van der Waals surface area contributed by atoms with Crippen molar-refractivity contribution in [2.45, 2.75) is 13.0 Å². The van der Waals surface area contributed by atoms with E-state index in [1.807, 2.05) is 12.1 Å². The highest BCUT2D eigenvalue weighted by molar-refractivity contribution is 9.11. The third kappa shape index (κ3) is 3.05. The highest BCUT2D eigenvalue weighted by atomic mass is 79.9. The van der Waals surface area contributed by atoms with Crippen LogP contribution in [0.25, 0.3) is 0 Å². The van der Waals surface area contributed by atoms with E-state index in [2.05, 4.69) is 36.8 Å². The van der Waals surface area contributed by atoms with Crippen LogP contribution in [-0.4, -0.2) is 29.0 Å². The Balaban J connectivity index is 2.05. The van der Waals surface area contributed by atoms with Gasteiger partial charge >= 0.3 is 0 Å². The molecule has 0 bridgehead atoms. The maximum Gasteiger partial charge on any atom is 0.221 e. The number of benzene rings is 1. The highest BCUT2D eigenvalue weighted by Crippen LogP contribution is 2.34. The van der Waals surface area contributed by atoms with E-state index in [0.717, 1.165) is 25.1 Å². The van der Waals surface area contributed by atoms with Gasteiger partial charge in [0.25, 0.3) is 0 Å². The van der Waals surface area contributed by atoms with Gasteiger partial charge in [-0.25, -0.2) is 0 Å². The van der Waals surface area contributed by atoms with Gasteiger partial charge in [-0.05, 0) is 62.5 Å². The van der Waals surface area contributed by atoms with Crippen LogP contribution in [0, 0.1) is 5.92 Å². The Morgan fingerprint density at radius 3 is 2.56 bits per heavy atom. The van der Waals surface area contributed by atoms with Gasteiger partial charge in [-0.2, -0.15) is 0 Å². The molecule has 6 heteroatoms. The molecule has 1 atom stereocenters. The van der Waals surface area contributed by atoms with Crippen LogP contribution in [0.4, 0.5) is 0 Å². The fraction of sp³-hybridized carbons (Fsp3) is 0.417. The lowest BCUT2D eigenvalue weighted by molar-refractivity contribution is -0.121. The minimum Gasteiger partial charge on any atom is -0.506 e. The molecule has 1 aliphatic rings. The number of hydrogen-bond acceptors (Lipinski definition) is 3. The number of primary amides is 1. The molecule has 2 rings (SSSR count). The molecule has 0 aliphatic carbocycles. The van der Waals surface area contributed by atoms with Crippen LogP contribution < -0.4 is 5.73 Å². The number of halogens is 2. The quantitative estimate of drug-likeness (QED) is 0.848. The number of amides is 1. The van der Waals surface area contributed by atoms with E-state index in [4.69, 9.17) is 5.73 Å². The first kappa shape index (κ1) is 13.8. The van der Waals surface area contributed by atoms with Crippen LogP contribution in [0.3, 0.4) is 0 Å². The van der Waals surface area contributed by atoms with Crippen molar-refractivity contribution in [1.82, 2.24) is 4.90 Å². The van der Waals surface area contributed by atoms with Crippen LogP contribution in [0.5, 0.6) is 5.75 Å². The molecule has 1 amide bonds. The molecule has 0 aromatic heterocycles. The second kappa shape index (κ2) is 5.59. The Labute approximate surface area is 122 Å². The summed E-state index contributed by atoms with van der Waals surface area (Å²) in [7, 11) is 0. The van der Waals surface area contributed by atoms with Gasteiger partial charge in [-0.3, -0.25) is 9.69 Å². The molecule has 1 aliphatic heterocycles. The first-order valence-electron chi connectivity index (χ1n) is 5.66. The Bertz CT molecular complexity index is 456. The number of aromatic hydroxyl groups is 1. The normalized spacial score (nSPS) is 20.2. The molecule has 18 heavy (non-hydrogen) atoms. The number of rotatable bonds is 3. The molecule has 98 valence electrons. The van der Waals surface area contributed by atoms with Crippen molar-refractivity contribution in [2.75, 3.05) is 13.1 Å². The highest BCUT2D eigenvalue weighted by Gasteiger charge is 2.26. The molecule has 1 fully saturated rings. The number of likely N-dealkylation sites (tertiary alicyclic amines) is 1. The summed E-state index contributed by atoms with van der Waals surface area (Å²) in [6.45, 7) is 2.34. The van der Waals surface area contributed by atoms with Crippen molar-refractivity contribution < 1.29 is 9.90 Å². The molecule has 0 spiro atoms. The van der Waals surface area contributed by atoms with E-state index in [1.54, 1.807) is 0 Å². The molecule has 1 heterocycles. The zero-order valence-corrected chi connectivity index (χ0v) is 12.9. The molecular weight excluding hydrogens is 364 g/mol. The summed E-state index contributed by atoms with van der Waals surface area (Å²) >= 11 is 6.62. The Morgan fingerprint density at radius 2 is 2.06 bits per heavy atom. The Morgan fingerprint density at radius 1 is 1.44 bits per heavy atom. The number of carbonyl (C=O) groups excluding carboxylic acids is 1. The molecule has 3 N–H and O–H groups in total. The average Bonchev–Trinajstić information content (AvgIpc) is 2.74. The largest absolute Gasteiger partial charge is 0.506 e. The summed E-state index contributed by atoms with van der Waals surface area (Å²) < 4.78 is 1.33. The summed E-state index contributed by atoms with van der Waals surface area (Å²) in [4.78, 5) is 13.3. The molecular formula is C12H14Br2N2O2. The average molecular weight is 378 g/mol. The number of phenolic OH excluding ortho intramolecular Hbond substituents is 1. The molecule has 0 saturated carbocycles. The van der Waals surface area contributed by atoms with Crippen molar-refractivity contribution in [3.05, 3.63) is 26.6 Å². The van der Waals surface area contributed by atoms with Crippen molar-refractivity contribution in [3.8, 4) is 5.75 Å². The maximum atomic E-state index is 11.1. The predicted octanol–water partition coefficient (Wildman–Crippen LogP) is 2.22. The van der Waals surface area contributed by atoms with Gasteiger partial charge in [-0.15, -0.1) is 0 Å². The van der Waals surface area contributed by atoms with Crippen LogP contribution in [0.1, 0.15) is 12.0 Å². The number of hydrogen-bond donors (Lipinski definition) is 2. The SMILES string of the molecule is NC(=O)C1CCN(Cc2cc(Br)c(O)c(Br)c2)C1. The number of nitrogens with two attached hydrogens (primary N) is 1. The van der Waals surface area contributed by atoms with E-state index in [-0.39, 0.29) is 17.6 Å². The summed E-state index contributed by atoms with van der Waals surface area (Å²) in [5, 5.41) is 9.64. The third-order valence-corrected chi connectivity index (χ3v) is 4.37. The molecule has 1 aromatic carbocycles. The minimum absolute atomic E-state index is 0.0333. The van der Waals surface area contributed by atoms with Crippen molar-refractivity contribution in [3.63, 3.8) is 0 Å². The predicted molar refractivity (Wildman–Crippen MR) is 76.1 cm³/mol. The number of nitrogens with zero attached hydrogens (tertiary/aromatic N) is 1. The van der Waals surface area contributed by atoms with Crippen molar-refractivity contribution >= 4 is 37.8 Å². The molecule has 4 nitrogen and oxygen atoms in total. The smallest absolute Gasteiger partial charge is 0.221 e. The number of carbonyl (C=O) groups is 1. The van der Waals surface area contributed by atoms with E-state index in [9.17, 15) is 9.90 Å². The summed E-state index contributed by atoms with van der Waals surface area (Å²) in [5.41, 5.74) is 6.39. The lowest BCUT2D eigenvalue weighted by Gasteiger charge is -2.16. The van der Waals surface area contributed by atoms with Gasteiger partial charge < -0.3 is 10.8 Å². The minimum atomic E-state index is -0.217. The van der Waals surface area contributed by atoms with Gasteiger partial charge in [0.1, 0.15) is 5.75 Å².